The van der Waals surface area contributed by atoms with Crippen LogP contribution in [0.1, 0.15) is 30.0 Å². The second-order valence-corrected chi connectivity index (χ2v) is 4.40. The Kier molecular flexibility index (Phi) is 3.33. The van der Waals surface area contributed by atoms with E-state index in [0.29, 0.717) is 5.02 Å². The summed E-state index contributed by atoms with van der Waals surface area (Å²) < 4.78 is 5.14. The van der Waals surface area contributed by atoms with Crippen molar-refractivity contribution in [2.24, 2.45) is 0 Å². The molecular weight excluding hydrogens is 238 g/mol. The van der Waals surface area contributed by atoms with Crippen LogP contribution in [0.4, 0.5) is 5.82 Å². The smallest absolute Gasteiger partial charge is 0.139 e. The van der Waals surface area contributed by atoms with Gasteiger partial charge in [0, 0.05) is 11.8 Å². The summed E-state index contributed by atoms with van der Waals surface area (Å²) in [6, 6.07) is 3.74. The highest BCUT2D eigenvalue weighted by Crippen LogP contribution is 2.24. The number of pyridine rings is 1. The van der Waals surface area contributed by atoms with Crippen molar-refractivity contribution >= 4 is 17.4 Å². The highest BCUT2D eigenvalue weighted by atomic mass is 35.5. The molecule has 2 aromatic rings. The van der Waals surface area contributed by atoms with Crippen LogP contribution in [0.25, 0.3) is 0 Å². The maximum Gasteiger partial charge on any atom is 0.139 e. The van der Waals surface area contributed by atoms with E-state index in [1.54, 1.807) is 12.3 Å². The maximum atomic E-state index is 5.78. The summed E-state index contributed by atoms with van der Waals surface area (Å²) in [6.07, 6.45) is 1.62. The molecule has 2 aromatic heterocycles. The average Bonchev–Trinajstić information content (AvgIpc) is 2.62. The fraction of sp³-hybridized carbons (Fsp3) is 0.333. The zero-order valence-corrected chi connectivity index (χ0v) is 10.7. The highest BCUT2D eigenvalue weighted by Gasteiger charge is 2.16. The predicted octanol–water partition coefficient (Wildman–Crippen LogP) is 3.51. The van der Waals surface area contributed by atoms with Crippen molar-refractivity contribution < 1.29 is 4.52 Å². The first kappa shape index (κ1) is 11.9. The molecule has 0 aromatic carbocycles. The van der Waals surface area contributed by atoms with Gasteiger partial charge in [-0.25, -0.2) is 4.98 Å². The van der Waals surface area contributed by atoms with E-state index in [1.165, 1.54) is 0 Å². The summed E-state index contributed by atoms with van der Waals surface area (Å²) in [5.74, 6) is 1.61. The third kappa shape index (κ3) is 2.58. The Morgan fingerprint density at radius 3 is 2.65 bits per heavy atom. The average molecular weight is 252 g/mol. The van der Waals surface area contributed by atoms with Gasteiger partial charge < -0.3 is 9.84 Å². The second-order valence-electron chi connectivity index (χ2n) is 3.97. The van der Waals surface area contributed by atoms with Gasteiger partial charge in [-0.1, -0.05) is 16.8 Å². The Bertz CT molecular complexity index is 487. The van der Waals surface area contributed by atoms with Gasteiger partial charge in [-0.05, 0) is 32.9 Å². The molecule has 2 rings (SSSR count). The van der Waals surface area contributed by atoms with Crippen molar-refractivity contribution in [2.45, 2.75) is 26.8 Å². The summed E-state index contributed by atoms with van der Waals surface area (Å²) in [4.78, 5) is 4.19. The molecule has 0 saturated carbocycles. The van der Waals surface area contributed by atoms with Crippen molar-refractivity contribution in [1.82, 2.24) is 10.1 Å². The zero-order chi connectivity index (χ0) is 12.4. The number of anilines is 1. The van der Waals surface area contributed by atoms with Gasteiger partial charge in [0.15, 0.2) is 0 Å². The first-order valence-corrected chi connectivity index (χ1v) is 5.76. The van der Waals surface area contributed by atoms with Gasteiger partial charge in [0.2, 0.25) is 0 Å². The van der Waals surface area contributed by atoms with Crippen LogP contribution in [-0.4, -0.2) is 10.1 Å². The molecule has 0 saturated heterocycles. The summed E-state index contributed by atoms with van der Waals surface area (Å²) in [6.45, 7) is 5.88. The third-order valence-electron chi connectivity index (χ3n) is 2.61. The van der Waals surface area contributed by atoms with E-state index in [2.05, 4.69) is 15.5 Å². The number of nitrogens with one attached hydrogen (secondary N) is 1. The van der Waals surface area contributed by atoms with Crippen molar-refractivity contribution in [3.8, 4) is 0 Å². The van der Waals surface area contributed by atoms with Crippen LogP contribution in [0, 0.1) is 13.8 Å². The molecule has 2 heterocycles. The number of aryl methyl sites for hydroxylation is 2. The van der Waals surface area contributed by atoms with E-state index in [0.717, 1.165) is 22.8 Å². The highest BCUT2D eigenvalue weighted by molar-refractivity contribution is 6.30. The zero-order valence-electron chi connectivity index (χ0n) is 9.99. The fourth-order valence-corrected chi connectivity index (χ4v) is 1.98. The number of hydrogen-bond acceptors (Lipinski definition) is 4. The number of hydrogen-bond donors (Lipinski definition) is 1. The van der Waals surface area contributed by atoms with Crippen LogP contribution < -0.4 is 5.32 Å². The summed E-state index contributed by atoms with van der Waals surface area (Å²) in [5.41, 5.74) is 1.97. The lowest BCUT2D eigenvalue weighted by molar-refractivity contribution is 0.392. The van der Waals surface area contributed by atoms with Gasteiger partial charge in [-0.2, -0.15) is 0 Å². The lowest BCUT2D eigenvalue weighted by atomic mass is 10.1. The summed E-state index contributed by atoms with van der Waals surface area (Å²) in [5, 5.41) is 7.85. The molecule has 0 aliphatic heterocycles. The Morgan fingerprint density at radius 2 is 2.12 bits per heavy atom. The van der Waals surface area contributed by atoms with E-state index < -0.39 is 0 Å². The molecule has 0 aliphatic rings. The van der Waals surface area contributed by atoms with Crippen molar-refractivity contribution in [2.75, 3.05) is 5.32 Å². The first-order chi connectivity index (χ1) is 8.08. The lowest BCUT2D eigenvalue weighted by Gasteiger charge is -2.14. The van der Waals surface area contributed by atoms with E-state index in [1.807, 2.05) is 26.8 Å². The topological polar surface area (TPSA) is 51.0 Å². The van der Waals surface area contributed by atoms with Gasteiger partial charge in [-0.15, -0.1) is 0 Å². The molecular formula is C12H14ClN3O. The molecule has 90 valence electrons. The number of nitrogens with zero attached hydrogens (tertiary/aromatic N) is 2. The van der Waals surface area contributed by atoms with E-state index in [9.17, 15) is 0 Å². The molecule has 1 atom stereocenters. The number of rotatable bonds is 3. The summed E-state index contributed by atoms with van der Waals surface area (Å²) in [7, 11) is 0. The first-order valence-electron chi connectivity index (χ1n) is 5.39. The standard InChI is InChI=1S/C12H14ClN3O/c1-7(12-8(2)16-17-9(12)3)15-11-5-4-10(13)6-14-11/h4-7H,1-3H3,(H,14,15). The molecule has 5 heteroatoms. The van der Waals surface area contributed by atoms with Gasteiger partial charge in [0.1, 0.15) is 11.6 Å². The van der Waals surface area contributed by atoms with Crippen LogP contribution >= 0.6 is 11.6 Å². The molecule has 17 heavy (non-hydrogen) atoms. The Balaban J connectivity index is 2.17. The number of halogens is 1. The van der Waals surface area contributed by atoms with Crippen LogP contribution in [0.2, 0.25) is 5.02 Å². The second kappa shape index (κ2) is 4.75. The van der Waals surface area contributed by atoms with Crippen LogP contribution in [-0.2, 0) is 0 Å². The van der Waals surface area contributed by atoms with E-state index in [-0.39, 0.29) is 6.04 Å². The van der Waals surface area contributed by atoms with Gasteiger partial charge >= 0.3 is 0 Å². The van der Waals surface area contributed by atoms with E-state index >= 15 is 0 Å². The van der Waals surface area contributed by atoms with E-state index in [4.69, 9.17) is 16.1 Å². The molecule has 1 N–H and O–H groups in total. The van der Waals surface area contributed by atoms with Crippen molar-refractivity contribution in [3.63, 3.8) is 0 Å². The largest absolute Gasteiger partial charge is 0.363 e. The molecule has 0 fully saturated rings. The Hall–Kier alpha value is -1.55. The Morgan fingerprint density at radius 1 is 1.35 bits per heavy atom. The molecule has 0 radical (unpaired) electrons. The van der Waals surface area contributed by atoms with Gasteiger partial charge in [0.25, 0.3) is 0 Å². The third-order valence-corrected chi connectivity index (χ3v) is 2.84. The SMILES string of the molecule is Cc1noc(C)c1C(C)Nc1ccc(Cl)cn1. The molecule has 0 aliphatic carbocycles. The molecule has 0 bridgehead atoms. The fourth-order valence-electron chi connectivity index (χ4n) is 1.86. The molecule has 4 nitrogen and oxygen atoms in total. The van der Waals surface area contributed by atoms with Gasteiger partial charge in [0.05, 0.1) is 16.8 Å². The lowest BCUT2D eigenvalue weighted by Crippen LogP contribution is -2.09. The molecule has 0 amide bonds. The minimum Gasteiger partial charge on any atom is -0.363 e. The Labute approximate surface area is 105 Å². The minimum absolute atomic E-state index is 0.0925. The quantitative estimate of drug-likeness (QED) is 0.907. The van der Waals surface area contributed by atoms with Crippen LogP contribution in [0.3, 0.4) is 0 Å². The van der Waals surface area contributed by atoms with Crippen molar-refractivity contribution in [1.29, 1.82) is 0 Å². The number of aromatic nitrogens is 2. The van der Waals surface area contributed by atoms with Crippen molar-refractivity contribution in [3.05, 3.63) is 40.4 Å². The van der Waals surface area contributed by atoms with Gasteiger partial charge in [-0.3, -0.25) is 0 Å². The predicted molar refractivity (Wildman–Crippen MR) is 67.3 cm³/mol. The monoisotopic (exact) mass is 251 g/mol. The van der Waals surface area contributed by atoms with Crippen LogP contribution in [0.15, 0.2) is 22.9 Å². The summed E-state index contributed by atoms with van der Waals surface area (Å²) >= 11 is 5.78. The normalized spacial score (nSPS) is 12.5. The maximum absolute atomic E-state index is 5.78. The molecule has 1 unspecified atom stereocenters. The van der Waals surface area contributed by atoms with Crippen LogP contribution in [0.5, 0.6) is 0 Å². The molecule has 0 spiro atoms. The minimum atomic E-state index is 0.0925.